The van der Waals surface area contributed by atoms with Crippen molar-refractivity contribution in [3.8, 4) is 0 Å². The minimum absolute atomic E-state index is 0.571. The largest absolute Gasteiger partial charge is 0.357 e. The Bertz CT molecular complexity index is 647. The quantitative estimate of drug-likeness (QED) is 0.489. The predicted molar refractivity (Wildman–Crippen MR) is 127 cm³/mol. The second-order valence-electron chi connectivity index (χ2n) is 8.36. The Hall–Kier alpha value is -1.45. The normalized spacial score (nSPS) is 20.6. The number of guanidine groups is 1. The van der Waals surface area contributed by atoms with E-state index in [0.717, 1.165) is 69.1 Å². The van der Waals surface area contributed by atoms with E-state index in [2.05, 4.69) is 62.0 Å². The maximum Gasteiger partial charge on any atom is 0.205 e. The van der Waals surface area contributed by atoms with Crippen LogP contribution in [-0.4, -0.2) is 109 Å². The van der Waals surface area contributed by atoms with Crippen LogP contribution in [0.3, 0.4) is 0 Å². The molecule has 0 aliphatic carbocycles. The maximum absolute atomic E-state index is 5.00. The van der Waals surface area contributed by atoms with Gasteiger partial charge in [0.1, 0.15) is 5.82 Å². The van der Waals surface area contributed by atoms with Crippen molar-refractivity contribution in [2.75, 3.05) is 83.4 Å². The van der Waals surface area contributed by atoms with Gasteiger partial charge < -0.3 is 24.9 Å². The fourth-order valence-corrected chi connectivity index (χ4v) is 4.88. The van der Waals surface area contributed by atoms with Crippen molar-refractivity contribution in [1.82, 2.24) is 29.4 Å². The van der Waals surface area contributed by atoms with Gasteiger partial charge in [-0.15, -0.1) is 0 Å². The highest BCUT2D eigenvalue weighted by Gasteiger charge is 2.22. The van der Waals surface area contributed by atoms with Crippen molar-refractivity contribution in [1.29, 1.82) is 0 Å². The Kier molecular flexibility index (Phi) is 9.14. The summed E-state index contributed by atoms with van der Waals surface area (Å²) in [5.74, 6) is 2.59. The first kappa shape index (κ1) is 23.2. The molecule has 1 aromatic heterocycles. The van der Waals surface area contributed by atoms with E-state index in [4.69, 9.17) is 4.99 Å². The molecule has 1 unspecified atom stereocenters. The van der Waals surface area contributed by atoms with Gasteiger partial charge in [-0.05, 0) is 19.4 Å². The monoisotopic (exact) mass is 436 g/mol. The lowest BCUT2D eigenvalue weighted by Crippen LogP contribution is -2.52. The second-order valence-corrected chi connectivity index (χ2v) is 9.09. The zero-order chi connectivity index (χ0) is 21.3. The highest BCUT2D eigenvalue weighted by molar-refractivity contribution is 7.09. The molecule has 3 heterocycles. The van der Waals surface area contributed by atoms with Crippen LogP contribution in [0.25, 0.3) is 0 Å². The van der Waals surface area contributed by atoms with Crippen LogP contribution in [0.4, 0.5) is 5.13 Å². The zero-order valence-corrected chi connectivity index (χ0v) is 20.1. The Balaban J connectivity index is 1.47. The van der Waals surface area contributed by atoms with E-state index in [1.807, 2.05) is 0 Å². The van der Waals surface area contributed by atoms with Crippen molar-refractivity contribution in [3.63, 3.8) is 0 Å². The van der Waals surface area contributed by atoms with Crippen LogP contribution >= 0.6 is 11.5 Å². The molecule has 3 rings (SSSR count). The summed E-state index contributed by atoms with van der Waals surface area (Å²) in [6, 6.07) is 0. The van der Waals surface area contributed by atoms with Crippen LogP contribution in [-0.2, 0) is 6.42 Å². The summed E-state index contributed by atoms with van der Waals surface area (Å²) in [6.45, 7) is 21.6. The van der Waals surface area contributed by atoms with Crippen molar-refractivity contribution >= 4 is 22.6 Å². The number of aromatic nitrogens is 2. The van der Waals surface area contributed by atoms with Gasteiger partial charge in [0, 0.05) is 89.9 Å². The highest BCUT2D eigenvalue weighted by Crippen LogP contribution is 2.19. The van der Waals surface area contributed by atoms with Gasteiger partial charge in [-0.3, -0.25) is 4.99 Å². The van der Waals surface area contributed by atoms with E-state index < -0.39 is 0 Å². The summed E-state index contributed by atoms with van der Waals surface area (Å²) < 4.78 is 4.43. The van der Waals surface area contributed by atoms with Gasteiger partial charge in [-0.2, -0.15) is 4.37 Å². The Morgan fingerprint density at radius 3 is 2.33 bits per heavy atom. The fraction of sp³-hybridized carbons (Fsp3) is 0.857. The third-order valence-electron chi connectivity index (χ3n) is 5.99. The van der Waals surface area contributed by atoms with E-state index >= 15 is 0 Å². The lowest BCUT2D eigenvalue weighted by molar-refractivity contribution is 0.125. The number of rotatable bonds is 8. The number of anilines is 1. The molecule has 0 bridgehead atoms. The Labute approximate surface area is 186 Å². The van der Waals surface area contributed by atoms with Crippen LogP contribution < -0.4 is 10.2 Å². The number of hydrogen-bond donors (Lipinski definition) is 1. The molecule has 2 aliphatic rings. The van der Waals surface area contributed by atoms with Crippen molar-refractivity contribution in [2.45, 2.75) is 34.1 Å². The van der Waals surface area contributed by atoms with Crippen LogP contribution in [0, 0.1) is 5.92 Å². The van der Waals surface area contributed by atoms with Crippen LogP contribution in [0.1, 0.15) is 33.5 Å². The molecule has 0 saturated carbocycles. The lowest BCUT2D eigenvalue weighted by Gasteiger charge is -2.36. The Morgan fingerprint density at radius 1 is 1.03 bits per heavy atom. The molecule has 1 aromatic rings. The maximum atomic E-state index is 5.00. The van der Waals surface area contributed by atoms with Gasteiger partial charge in [-0.25, -0.2) is 4.98 Å². The second kappa shape index (κ2) is 11.8. The van der Waals surface area contributed by atoms with Gasteiger partial charge in [0.2, 0.25) is 5.13 Å². The van der Waals surface area contributed by atoms with E-state index in [9.17, 15) is 0 Å². The van der Waals surface area contributed by atoms with Gasteiger partial charge >= 0.3 is 0 Å². The summed E-state index contributed by atoms with van der Waals surface area (Å²) in [4.78, 5) is 19.5. The molecule has 2 saturated heterocycles. The molecule has 0 amide bonds. The standard InChI is InChI=1S/C21H40N8S/c1-5-19-24-21(30-25-19)29-14-12-28(13-15-29)20(22-6-2)23-16-18(4)17-27-10-8-26(7-3)9-11-27/h18H,5-17H2,1-4H3,(H,22,23). The van der Waals surface area contributed by atoms with Crippen molar-refractivity contribution in [2.24, 2.45) is 10.9 Å². The van der Waals surface area contributed by atoms with Gasteiger partial charge in [0.05, 0.1) is 0 Å². The molecule has 0 aromatic carbocycles. The summed E-state index contributed by atoms with van der Waals surface area (Å²) in [5, 5.41) is 4.56. The van der Waals surface area contributed by atoms with E-state index in [0.29, 0.717) is 5.92 Å². The molecule has 1 N–H and O–H groups in total. The first-order valence-electron chi connectivity index (χ1n) is 11.7. The lowest BCUT2D eigenvalue weighted by atomic mass is 10.1. The van der Waals surface area contributed by atoms with Gasteiger partial charge in [0.25, 0.3) is 0 Å². The van der Waals surface area contributed by atoms with Gasteiger partial charge in [0.15, 0.2) is 5.96 Å². The molecule has 170 valence electrons. The molecular weight excluding hydrogens is 396 g/mol. The average molecular weight is 437 g/mol. The van der Waals surface area contributed by atoms with Crippen LogP contribution in [0.15, 0.2) is 4.99 Å². The minimum Gasteiger partial charge on any atom is -0.357 e. The summed E-state index contributed by atoms with van der Waals surface area (Å²) in [5.41, 5.74) is 0. The van der Waals surface area contributed by atoms with Gasteiger partial charge in [-0.1, -0.05) is 20.8 Å². The number of nitrogens with zero attached hydrogens (tertiary/aromatic N) is 7. The number of nitrogens with one attached hydrogen (secondary N) is 1. The molecule has 0 radical (unpaired) electrons. The number of hydrogen-bond acceptors (Lipinski definition) is 7. The molecule has 8 nitrogen and oxygen atoms in total. The van der Waals surface area contributed by atoms with Crippen molar-refractivity contribution < 1.29 is 0 Å². The summed E-state index contributed by atoms with van der Waals surface area (Å²) in [6.07, 6.45) is 0.903. The summed E-state index contributed by atoms with van der Waals surface area (Å²) >= 11 is 1.53. The highest BCUT2D eigenvalue weighted by atomic mass is 32.1. The summed E-state index contributed by atoms with van der Waals surface area (Å²) in [7, 11) is 0. The molecule has 0 spiro atoms. The number of aryl methyl sites for hydroxylation is 1. The molecule has 2 aliphatic heterocycles. The topological polar surface area (TPSA) is 63.1 Å². The number of likely N-dealkylation sites (N-methyl/N-ethyl adjacent to an activating group) is 1. The number of aliphatic imine (C=N–C) groups is 1. The van der Waals surface area contributed by atoms with Crippen LogP contribution in [0.5, 0.6) is 0 Å². The molecule has 30 heavy (non-hydrogen) atoms. The first-order valence-corrected chi connectivity index (χ1v) is 12.5. The van der Waals surface area contributed by atoms with E-state index in [1.54, 1.807) is 0 Å². The Morgan fingerprint density at radius 2 is 1.73 bits per heavy atom. The third kappa shape index (κ3) is 6.52. The molecule has 9 heteroatoms. The number of piperazine rings is 2. The SMILES string of the molecule is CCNC(=NCC(C)CN1CCN(CC)CC1)N1CCN(c2nc(CC)ns2)CC1. The molecule has 1 atom stereocenters. The van der Waals surface area contributed by atoms with Crippen molar-refractivity contribution in [3.05, 3.63) is 5.82 Å². The van der Waals surface area contributed by atoms with E-state index in [-0.39, 0.29) is 0 Å². The fourth-order valence-electron chi connectivity index (χ4n) is 4.08. The zero-order valence-electron chi connectivity index (χ0n) is 19.3. The first-order chi connectivity index (χ1) is 14.6. The molecular formula is C21H40N8S. The third-order valence-corrected chi connectivity index (χ3v) is 6.81. The van der Waals surface area contributed by atoms with E-state index in [1.165, 1.54) is 44.3 Å². The van der Waals surface area contributed by atoms with Crippen LogP contribution in [0.2, 0.25) is 0 Å². The minimum atomic E-state index is 0.571. The average Bonchev–Trinajstić information content (AvgIpc) is 3.27. The molecule has 2 fully saturated rings. The predicted octanol–water partition coefficient (Wildman–Crippen LogP) is 1.46. The smallest absolute Gasteiger partial charge is 0.205 e.